The highest BCUT2D eigenvalue weighted by molar-refractivity contribution is 7.92. The van der Waals surface area contributed by atoms with Crippen LogP contribution in [0.5, 0.6) is 0 Å². The molecule has 0 aromatic carbocycles. The third-order valence-corrected chi connectivity index (χ3v) is 6.21. The largest absolute Gasteiger partial charge is 0.480 e. The van der Waals surface area contributed by atoms with Gasteiger partial charge in [0.2, 0.25) is 15.9 Å². The van der Waals surface area contributed by atoms with Crippen molar-refractivity contribution in [3.05, 3.63) is 0 Å². The van der Waals surface area contributed by atoms with Crippen LogP contribution in [0.25, 0.3) is 0 Å². The molecule has 0 saturated carbocycles. The molecule has 0 fully saturated rings. The SMILES string of the molecule is CCCC(CCC)S(=O)(=O)C[C@H](NC(=O)CNS(C)(=O)=O)C(=O)O. The van der Waals surface area contributed by atoms with Crippen LogP contribution in [0, 0.1) is 0 Å². The highest BCUT2D eigenvalue weighted by atomic mass is 32.2. The van der Waals surface area contributed by atoms with Crippen molar-refractivity contribution in [1.29, 1.82) is 0 Å². The Hall–Kier alpha value is -1.20. The number of hydrogen-bond acceptors (Lipinski definition) is 6. The number of sulfone groups is 1. The van der Waals surface area contributed by atoms with E-state index in [4.69, 9.17) is 5.11 Å². The van der Waals surface area contributed by atoms with Crippen LogP contribution in [0.3, 0.4) is 0 Å². The van der Waals surface area contributed by atoms with Crippen LogP contribution in [0.1, 0.15) is 39.5 Å². The molecule has 1 atom stereocenters. The topological polar surface area (TPSA) is 147 Å². The van der Waals surface area contributed by atoms with E-state index in [1.807, 2.05) is 23.9 Å². The van der Waals surface area contributed by atoms with E-state index in [2.05, 4.69) is 0 Å². The predicted octanol–water partition coefficient (Wildman–Crippen LogP) is -0.511. The van der Waals surface area contributed by atoms with Gasteiger partial charge in [0.25, 0.3) is 0 Å². The van der Waals surface area contributed by atoms with Gasteiger partial charge in [-0.3, -0.25) is 4.79 Å². The van der Waals surface area contributed by atoms with Gasteiger partial charge in [-0.25, -0.2) is 26.4 Å². The molecule has 0 aliphatic carbocycles. The highest BCUT2D eigenvalue weighted by Gasteiger charge is 2.31. The Morgan fingerprint density at radius 1 is 1.04 bits per heavy atom. The Balaban J connectivity index is 5.00. The quantitative estimate of drug-likeness (QED) is 0.409. The van der Waals surface area contributed by atoms with Gasteiger partial charge in [-0.1, -0.05) is 26.7 Å². The van der Waals surface area contributed by atoms with Crippen molar-refractivity contribution in [3.8, 4) is 0 Å². The maximum absolute atomic E-state index is 12.4. The monoisotopic (exact) mass is 386 g/mol. The normalized spacial score (nSPS) is 13.7. The molecule has 0 bridgehead atoms. The Morgan fingerprint density at radius 3 is 1.92 bits per heavy atom. The lowest BCUT2D eigenvalue weighted by Crippen LogP contribution is -2.49. The van der Waals surface area contributed by atoms with Gasteiger partial charge in [0.1, 0.15) is 6.04 Å². The van der Waals surface area contributed by atoms with Crippen molar-refractivity contribution in [3.63, 3.8) is 0 Å². The number of carboxylic acids is 1. The summed E-state index contributed by atoms with van der Waals surface area (Å²) < 4.78 is 48.5. The number of carbonyl (C=O) groups is 2. The fraction of sp³-hybridized carbons (Fsp3) is 0.846. The summed E-state index contributed by atoms with van der Waals surface area (Å²) in [5.41, 5.74) is 0. The van der Waals surface area contributed by atoms with E-state index in [1.165, 1.54) is 0 Å². The smallest absolute Gasteiger partial charge is 0.327 e. The molecule has 1 amide bonds. The maximum Gasteiger partial charge on any atom is 0.327 e. The number of sulfonamides is 1. The van der Waals surface area contributed by atoms with E-state index >= 15 is 0 Å². The van der Waals surface area contributed by atoms with Crippen molar-refractivity contribution >= 4 is 31.7 Å². The molecule has 0 aliphatic rings. The molecular weight excluding hydrogens is 360 g/mol. The van der Waals surface area contributed by atoms with Crippen molar-refractivity contribution in [2.24, 2.45) is 0 Å². The van der Waals surface area contributed by atoms with Crippen LogP contribution in [-0.2, 0) is 29.4 Å². The van der Waals surface area contributed by atoms with Gasteiger partial charge in [0.15, 0.2) is 9.84 Å². The van der Waals surface area contributed by atoms with Crippen molar-refractivity contribution < 1.29 is 31.5 Å². The average Bonchev–Trinajstić information content (AvgIpc) is 2.43. The first-order chi connectivity index (χ1) is 10.9. The van der Waals surface area contributed by atoms with Gasteiger partial charge in [-0.2, -0.15) is 0 Å². The zero-order valence-electron chi connectivity index (χ0n) is 14.1. The summed E-state index contributed by atoms with van der Waals surface area (Å²) in [5.74, 6) is -3.12. The Bertz CT molecular complexity index is 623. The minimum Gasteiger partial charge on any atom is -0.480 e. The Labute approximate surface area is 143 Å². The molecule has 11 heteroatoms. The predicted molar refractivity (Wildman–Crippen MR) is 89.8 cm³/mol. The molecule has 0 heterocycles. The number of hydrogen-bond donors (Lipinski definition) is 3. The van der Waals surface area contributed by atoms with E-state index < -0.39 is 55.3 Å². The van der Waals surface area contributed by atoms with Gasteiger partial charge < -0.3 is 10.4 Å². The molecule has 0 saturated heterocycles. The number of amides is 1. The second kappa shape index (κ2) is 9.94. The van der Waals surface area contributed by atoms with Crippen molar-refractivity contribution in [2.75, 3.05) is 18.6 Å². The second-order valence-corrected chi connectivity index (χ2v) is 9.74. The Kier molecular flexibility index (Phi) is 9.45. The Morgan fingerprint density at radius 2 is 1.54 bits per heavy atom. The molecule has 0 aromatic rings. The molecule has 24 heavy (non-hydrogen) atoms. The minimum absolute atomic E-state index is 0.423. The molecule has 9 nitrogen and oxygen atoms in total. The average molecular weight is 386 g/mol. The summed E-state index contributed by atoms with van der Waals surface area (Å²) in [4.78, 5) is 22.8. The molecule has 0 spiro atoms. The third-order valence-electron chi connectivity index (χ3n) is 3.26. The van der Waals surface area contributed by atoms with Gasteiger partial charge in [0.05, 0.1) is 23.8 Å². The van der Waals surface area contributed by atoms with Crippen LogP contribution < -0.4 is 10.0 Å². The molecule has 0 radical (unpaired) electrons. The lowest BCUT2D eigenvalue weighted by Gasteiger charge is -2.20. The van der Waals surface area contributed by atoms with E-state index in [9.17, 15) is 26.4 Å². The second-order valence-electron chi connectivity index (χ2n) is 5.58. The molecule has 3 N–H and O–H groups in total. The molecule has 0 unspecified atom stereocenters. The zero-order valence-corrected chi connectivity index (χ0v) is 15.7. The van der Waals surface area contributed by atoms with Gasteiger partial charge in [0, 0.05) is 0 Å². The molecule has 0 rings (SSSR count). The minimum atomic E-state index is -3.71. The molecule has 142 valence electrons. The standard InChI is InChI=1S/C13H26N2O7S2/c1-4-6-10(7-5-2)24(21,22)9-11(13(17)18)15-12(16)8-14-23(3,19)20/h10-11,14H,4-9H2,1-3H3,(H,15,16)(H,17,18)/t11-/m0/s1. The van der Waals surface area contributed by atoms with Crippen LogP contribution in [0.2, 0.25) is 0 Å². The first-order valence-corrected chi connectivity index (χ1v) is 11.2. The first kappa shape index (κ1) is 22.8. The molecule has 0 aromatic heterocycles. The van der Waals surface area contributed by atoms with E-state index in [1.54, 1.807) is 0 Å². The van der Waals surface area contributed by atoms with E-state index in [0.29, 0.717) is 25.7 Å². The highest BCUT2D eigenvalue weighted by Crippen LogP contribution is 2.16. The maximum atomic E-state index is 12.4. The molecule has 0 aliphatic heterocycles. The van der Waals surface area contributed by atoms with Gasteiger partial charge >= 0.3 is 5.97 Å². The van der Waals surface area contributed by atoms with E-state index in [0.717, 1.165) is 6.26 Å². The summed E-state index contributed by atoms with van der Waals surface area (Å²) in [6.45, 7) is 3.02. The lowest BCUT2D eigenvalue weighted by atomic mass is 10.2. The van der Waals surface area contributed by atoms with Crippen LogP contribution in [0.4, 0.5) is 0 Å². The number of rotatable bonds is 12. The third kappa shape index (κ3) is 9.18. The summed E-state index contributed by atoms with van der Waals surface area (Å²) in [7, 11) is -7.33. The van der Waals surface area contributed by atoms with Crippen molar-refractivity contribution in [2.45, 2.75) is 50.8 Å². The number of carbonyl (C=O) groups excluding carboxylic acids is 1. The lowest BCUT2D eigenvalue weighted by molar-refractivity contribution is -0.141. The fourth-order valence-corrected chi connectivity index (χ4v) is 4.68. The summed E-state index contributed by atoms with van der Waals surface area (Å²) in [6.07, 6.45) is 2.98. The van der Waals surface area contributed by atoms with Gasteiger partial charge in [-0.15, -0.1) is 0 Å². The number of nitrogens with one attached hydrogen (secondary N) is 2. The summed E-state index contributed by atoms with van der Waals surface area (Å²) in [5, 5.41) is 10.5. The van der Waals surface area contributed by atoms with Crippen LogP contribution in [-0.4, -0.2) is 63.7 Å². The first-order valence-electron chi connectivity index (χ1n) is 7.61. The fourth-order valence-electron chi connectivity index (χ4n) is 2.13. The zero-order chi connectivity index (χ0) is 19.0. The van der Waals surface area contributed by atoms with Crippen LogP contribution >= 0.6 is 0 Å². The number of aliphatic carboxylic acids is 1. The van der Waals surface area contributed by atoms with Gasteiger partial charge in [-0.05, 0) is 12.8 Å². The van der Waals surface area contributed by atoms with E-state index in [-0.39, 0.29) is 0 Å². The summed E-state index contributed by atoms with van der Waals surface area (Å²) in [6, 6.07) is -1.62. The molecular formula is C13H26N2O7S2. The van der Waals surface area contributed by atoms with Crippen molar-refractivity contribution in [1.82, 2.24) is 10.0 Å². The van der Waals surface area contributed by atoms with Crippen LogP contribution in [0.15, 0.2) is 0 Å². The summed E-state index contributed by atoms with van der Waals surface area (Å²) >= 11 is 0. The number of carboxylic acid groups (broad SMARTS) is 1.